The van der Waals surface area contributed by atoms with E-state index in [1.807, 2.05) is 49.4 Å². The van der Waals surface area contributed by atoms with Gasteiger partial charge in [0.25, 0.3) is 0 Å². The largest absolute Gasteiger partial charge is 0.365 e. The number of urea groups is 1. The number of anilines is 3. The van der Waals surface area contributed by atoms with E-state index in [1.165, 1.54) is 10.4 Å². The van der Waals surface area contributed by atoms with Crippen molar-refractivity contribution in [2.45, 2.75) is 19.9 Å². The number of fused-ring (bicyclic) bond motifs is 1. The lowest BCUT2D eigenvalue weighted by molar-refractivity contribution is -0.115. The molecule has 0 bridgehead atoms. The van der Waals surface area contributed by atoms with Crippen molar-refractivity contribution in [1.82, 2.24) is 5.32 Å². The second kappa shape index (κ2) is 9.00. The van der Waals surface area contributed by atoms with Crippen molar-refractivity contribution in [3.63, 3.8) is 0 Å². The van der Waals surface area contributed by atoms with E-state index in [2.05, 4.69) is 32.3 Å². The van der Waals surface area contributed by atoms with E-state index in [0.717, 1.165) is 36.4 Å². The van der Waals surface area contributed by atoms with Gasteiger partial charge in [0.1, 0.15) is 0 Å². The molecule has 3 aromatic rings. The number of nitrogens with zero attached hydrogens (tertiary/aromatic N) is 1. The zero-order valence-corrected chi connectivity index (χ0v) is 17.6. The zero-order chi connectivity index (χ0) is 20.9. The smallest absolute Gasteiger partial charge is 0.319 e. The third-order valence-electron chi connectivity index (χ3n) is 5.01. The van der Waals surface area contributed by atoms with Gasteiger partial charge in [-0.2, -0.15) is 0 Å². The Morgan fingerprint density at radius 2 is 1.93 bits per heavy atom. The van der Waals surface area contributed by atoms with Gasteiger partial charge < -0.3 is 20.9 Å². The second-order valence-electron chi connectivity index (χ2n) is 7.28. The molecule has 3 amide bonds. The Morgan fingerprint density at radius 1 is 1.07 bits per heavy atom. The van der Waals surface area contributed by atoms with E-state index >= 15 is 0 Å². The Morgan fingerprint density at radius 3 is 2.80 bits per heavy atom. The van der Waals surface area contributed by atoms with Crippen LogP contribution in [0.5, 0.6) is 0 Å². The molecule has 1 aliphatic heterocycles. The fourth-order valence-corrected chi connectivity index (χ4v) is 4.45. The number of para-hydroxylation sites is 2. The summed E-state index contributed by atoms with van der Waals surface area (Å²) in [4.78, 5) is 28.2. The summed E-state index contributed by atoms with van der Waals surface area (Å²) < 4.78 is 0. The Balaban J connectivity index is 1.34. The number of hydrogen-bond acceptors (Lipinski definition) is 4. The third-order valence-corrected chi connectivity index (χ3v) is 6.03. The maximum atomic E-state index is 12.4. The molecule has 0 radical (unpaired) electrons. The van der Waals surface area contributed by atoms with Crippen molar-refractivity contribution in [3.8, 4) is 0 Å². The Hall–Kier alpha value is -3.32. The molecule has 2 aromatic carbocycles. The van der Waals surface area contributed by atoms with Crippen molar-refractivity contribution < 1.29 is 9.59 Å². The van der Waals surface area contributed by atoms with E-state index < -0.39 is 6.03 Å². The standard InChI is InChI=1S/C23H24N4O2S/c1-16-5-4-6-18(13-16)25-23(29)24-14-22(28)26-19-7-2-3-8-20(19)27-11-9-21-17(15-27)10-12-30-21/h2-8,10,12-13H,9,11,14-15H2,1H3,(H,26,28)(H2,24,25,29). The highest BCUT2D eigenvalue weighted by molar-refractivity contribution is 7.10. The van der Waals surface area contributed by atoms with Crippen molar-refractivity contribution in [3.05, 3.63) is 76.0 Å². The quantitative estimate of drug-likeness (QED) is 0.574. The molecule has 0 aliphatic carbocycles. The number of carbonyl (C=O) groups is 2. The summed E-state index contributed by atoms with van der Waals surface area (Å²) in [7, 11) is 0. The van der Waals surface area contributed by atoms with Gasteiger partial charge in [-0.25, -0.2) is 4.79 Å². The highest BCUT2D eigenvalue weighted by atomic mass is 32.1. The van der Waals surface area contributed by atoms with Gasteiger partial charge in [-0.3, -0.25) is 4.79 Å². The molecule has 4 rings (SSSR count). The van der Waals surface area contributed by atoms with Crippen molar-refractivity contribution in [2.24, 2.45) is 0 Å². The van der Waals surface area contributed by atoms with Gasteiger partial charge >= 0.3 is 6.03 Å². The molecule has 1 aromatic heterocycles. The number of amides is 3. The zero-order valence-electron chi connectivity index (χ0n) is 16.8. The Labute approximate surface area is 179 Å². The normalized spacial score (nSPS) is 12.8. The topological polar surface area (TPSA) is 73.5 Å². The maximum absolute atomic E-state index is 12.4. The lowest BCUT2D eigenvalue weighted by Crippen LogP contribution is -2.36. The molecule has 3 N–H and O–H groups in total. The van der Waals surface area contributed by atoms with Gasteiger partial charge in [0.05, 0.1) is 17.9 Å². The van der Waals surface area contributed by atoms with Crippen LogP contribution in [-0.2, 0) is 17.8 Å². The lowest BCUT2D eigenvalue weighted by Gasteiger charge is -2.30. The molecule has 30 heavy (non-hydrogen) atoms. The number of aryl methyl sites for hydroxylation is 1. The van der Waals surface area contributed by atoms with Crippen LogP contribution in [-0.4, -0.2) is 25.0 Å². The molecule has 154 valence electrons. The molecule has 0 atom stereocenters. The maximum Gasteiger partial charge on any atom is 0.319 e. The van der Waals surface area contributed by atoms with Crippen LogP contribution in [0.4, 0.5) is 21.9 Å². The lowest BCUT2D eigenvalue weighted by atomic mass is 10.1. The van der Waals surface area contributed by atoms with Crippen LogP contribution in [0.1, 0.15) is 16.0 Å². The predicted molar refractivity (Wildman–Crippen MR) is 122 cm³/mol. The SMILES string of the molecule is Cc1cccc(NC(=O)NCC(=O)Nc2ccccc2N2CCc3sccc3C2)c1. The van der Waals surface area contributed by atoms with Gasteiger partial charge in [-0.1, -0.05) is 24.3 Å². The van der Waals surface area contributed by atoms with Crippen LogP contribution in [0.2, 0.25) is 0 Å². The number of nitrogens with one attached hydrogen (secondary N) is 3. The summed E-state index contributed by atoms with van der Waals surface area (Å²) in [6.45, 7) is 3.59. The molecule has 6 nitrogen and oxygen atoms in total. The fourth-order valence-electron chi connectivity index (χ4n) is 3.56. The van der Waals surface area contributed by atoms with Gasteiger partial charge in [-0.05, 0) is 60.2 Å². The van der Waals surface area contributed by atoms with Gasteiger partial charge in [0.15, 0.2) is 0 Å². The molecule has 2 heterocycles. The van der Waals surface area contributed by atoms with E-state index in [4.69, 9.17) is 0 Å². The van der Waals surface area contributed by atoms with Crippen molar-refractivity contribution in [1.29, 1.82) is 0 Å². The highest BCUT2D eigenvalue weighted by Gasteiger charge is 2.20. The number of benzene rings is 2. The molecule has 7 heteroatoms. The number of thiophene rings is 1. The first-order valence-electron chi connectivity index (χ1n) is 9.89. The van der Waals surface area contributed by atoms with Crippen LogP contribution in [0.3, 0.4) is 0 Å². The van der Waals surface area contributed by atoms with Crippen LogP contribution < -0.4 is 20.9 Å². The summed E-state index contributed by atoms with van der Waals surface area (Å²) in [6, 6.07) is 17.0. The van der Waals surface area contributed by atoms with Crippen LogP contribution in [0, 0.1) is 6.92 Å². The number of hydrogen-bond donors (Lipinski definition) is 3. The fraction of sp³-hybridized carbons (Fsp3) is 0.217. The minimum Gasteiger partial charge on any atom is -0.365 e. The molecule has 0 saturated heterocycles. The number of rotatable bonds is 5. The van der Waals surface area contributed by atoms with Crippen LogP contribution in [0.15, 0.2) is 60.0 Å². The molecule has 0 saturated carbocycles. The summed E-state index contributed by atoms with van der Waals surface area (Å²) in [6.07, 6.45) is 1.01. The monoisotopic (exact) mass is 420 g/mol. The average molecular weight is 421 g/mol. The van der Waals surface area contributed by atoms with Crippen LogP contribution in [0.25, 0.3) is 0 Å². The molecule has 0 unspecified atom stereocenters. The van der Waals surface area contributed by atoms with Crippen molar-refractivity contribution in [2.75, 3.05) is 28.6 Å². The van der Waals surface area contributed by atoms with Gasteiger partial charge in [0.2, 0.25) is 5.91 Å². The van der Waals surface area contributed by atoms with Gasteiger partial charge in [0, 0.05) is 23.7 Å². The minimum absolute atomic E-state index is 0.110. The Kier molecular flexibility index (Phi) is 5.99. The highest BCUT2D eigenvalue weighted by Crippen LogP contribution is 2.32. The average Bonchev–Trinajstić information content (AvgIpc) is 3.21. The first kappa shape index (κ1) is 20.0. The summed E-state index contributed by atoms with van der Waals surface area (Å²) >= 11 is 1.81. The summed E-state index contributed by atoms with van der Waals surface area (Å²) in [5, 5.41) is 10.4. The van der Waals surface area contributed by atoms with E-state index in [1.54, 1.807) is 17.4 Å². The second-order valence-corrected chi connectivity index (χ2v) is 8.28. The van der Waals surface area contributed by atoms with Crippen LogP contribution >= 0.6 is 11.3 Å². The molecular formula is C23H24N4O2S. The van der Waals surface area contributed by atoms with Crippen molar-refractivity contribution >= 4 is 40.3 Å². The first-order valence-corrected chi connectivity index (χ1v) is 10.8. The Bertz CT molecular complexity index is 1060. The van der Waals surface area contributed by atoms with E-state index in [-0.39, 0.29) is 12.5 Å². The summed E-state index contributed by atoms with van der Waals surface area (Å²) in [5.74, 6) is -0.268. The predicted octanol–water partition coefficient (Wildman–Crippen LogP) is 4.38. The first-order chi connectivity index (χ1) is 14.6. The van der Waals surface area contributed by atoms with E-state index in [9.17, 15) is 9.59 Å². The summed E-state index contributed by atoms with van der Waals surface area (Å²) in [5.41, 5.74) is 4.83. The molecular weight excluding hydrogens is 396 g/mol. The molecule has 0 fully saturated rings. The molecule has 1 aliphatic rings. The van der Waals surface area contributed by atoms with E-state index in [0.29, 0.717) is 5.69 Å². The third kappa shape index (κ3) is 4.80. The molecule has 0 spiro atoms. The minimum atomic E-state index is -0.412. The van der Waals surface area contributed by atoms with Gasteiger partial charge in [-0.15, -0.1) is 11.3 Å². The number of carbonyl (C=O) groups excluding carboxylic acids is 2.